The molecule has 1 aliphatic carbocycles. The Labute approximate surface area is 196 Å². The van der Waals surface area contributed by atoms with E-state index in [-0.39, 0.29) is 35.3 Å². The highest BCUT2D eigenvalue weighted by atomic mass is 127. The van der Waals surface area contributed by atoms with Gasteiger partial charge in [0.05, 0.1) is 12.0 Å². The van der Waals surface area contributed by atoms with Gasteiger partial charge in [-0.15, -0.1) is 35.3 Å². The van der Waals surface area contributed by atoms with Crippen LogP contribution in [-0.4, -0.2) is 79.9 Å². The first-order valence-electron chi connectivity index (χ1n) is 10.5. The number of hydrogen-bond donors (Lipinski definition) is 1. The molecule has 2 heterocycles. The highest BCUT2D eigenvalue weighted by Gasteiger charge is 2.42. The van der Waals surface area contributed by atoms with Gasteiger partial charge in [0.15, 0.2) is 5.96 Å². The van der Waals surface area contributed by atoms with Crippen molar-refractivity contribution in [2.75, 3.05) is 53.4 Å². The minimum absolute atomic E-state index is 0. The van der Waals surface area contributed by atoms with Gasteiger partial charge in [-0.3, -0.25) is 14.7 Å². The van der Waals surface area contributed by atoms with Crippen molar-refractivity contribution in [2.45, 2.75) is 39.2 Å². The molecular formula is C21H36IN5OS. The molecule has 2 aliphatic rings. The molecule has 3 rings (SSSR count). The zero-order valence-corrected chi connectivity index (χ0v) is 21.2. The van der Waals surface area contributed by atoms with Gasteiger partial charge in [0.25, 0.3) is 0 Å². The van der Waals surface area contributed by atoms with Crippen LogP contribution in [0.5, 0.6) is 0 Å². The number of carbonyl (C=O) groups excluding carboxylic acids is 1. The number of nitrogens with one attached hydrogen (secondary N) is 1. The van der Waals surface area contributed by atoms with E-state index in [1.54, 1.807) is 4.90 Å². The Bertz CT molecular complexity index is 650. The smallest absolute Gasteiger partial charge is 0.230 e. The fourth-order valence-corrected chi connectivity index (χ4v) is 5.10. The van der Waals surface area contributed by atoms with Crippen molar-refractivity contribution in [3.8, 4) is 0 Å². The third-order valence-corrected chi connectivity index (χ3v) is 6.78. The second kappa shape index (κ2) is 11.5. The fraction of sp³-hybridized carbons (Fsp3) is 0.714. The molecule has 164 valence electrons. The summed E-state index contributed by atoms with van der Waals surface area (Å²) in [5, 5.41) is 5.60. The summed E-state index contributed by atoms with van der Waals surface area (Å²) in [6.07, 6.45) is 4.18. The van der Waals surface area contributed by atoms with E-state index in [1.807, 2.05) is 25.4 Å². The Morgan fingerprint density at radius 2 is 1.93 bits per heavy atom. The van der Waals surface area contributed by atoms with Crippen LogP contribution < -0.4 is 5.32 Å². The SMILES string of the molecule is CCNC(=NCC1(C(=O)N(C)C)CCCC1)N1CCN(Cc2cccs2)CC1.I. The van der Waals surface area contributed by atoms with Gasteiger partial charge < -0.3 is 15.1 Å². The van der Waals surface area contributed by atoms with Crippen molar-refractivity contribution >= 4 is 47.2 Å². The summed E-state index contributed by atoms with van der Waals surface area (Å²) in [5.41, 5.74) is -0.300. The van der Waals surface area contributed by atoms with Crippen molar-refractivity contribution in [2.24, 2.45) is 10.4 Å². The monoisotopic (exact) mass is 533 g/mol. The highest BCUT2D eigenvalue weighted by Crippen LogP contribution is 2.39. The van der Waals surface area contributed by atoms with Gasteiger partial charge in [0.2, 0.25) is 5.91 Å². The molecule has 1 saturated heterocycles. The van der Waals surface area contributed by atoms with Crippen molar-refractivity contribution in [1.82, 2.24) is 20.0 Å². The van der Waals surface area contributed by atoms with Gasteiger partial charge in [0, 0.05) is 58.2 Å². The first kappa shape index (κ1) is 24.4. The molecule has 0 bridgehead atoms. The second-order valence-electron chi connectivity index (χ2n) is 8.20. The number of rotatable bonds is 6. The summed E-state index contributed by atoms with van der Waals surface area (Å²) < 4.78 is 0. The van der Waals surface area contributed by atoms with E-state index in [4.69, 9.17) is 4.99 Å². The topological polar surface area (TPSA) is 51.2 Å². The lowest BCUT2D eigenvalue weighted by atomic mass is 9.85. The molecule has 0 unspecified atom stereocenters. The quantitative estimate of drug-likeness (QED) is 0.347. The number of guanidine groups is 1. The molecule has 2 fully saturated rings. The molecule has 0 atom stereocenters. The van der Waals surface area contributed by atoms with E-state index in [0.29, 0.717) is 6.54 Å². The van der Waals surface area contributed by atoms with Crippen molar-refractivity contribution in [3.63, 3.8) is 0 Å². The van der Waals surface area contributed by atoms with E-state index in [1.165, 1.54) is 4.88 Å². The maximum absolute atomic E-state index is 12.8. The molecule has 8 heteroatoms. The number of nitrogens with zero attached hydrogens (tertiary/aromatic N) is 4. The molecule has 6 nitrogen and oxygen atoms in total. The lowest BCUT2D eigenvalue weighted by Crippen LogP contribution is -2.52. The van der Waals surface area contributed by atoms with Crippen LogP contribution in [0.1, 0.15) is 37.5 Å². The third kappa shape index (κ3) is 6.30. The normalized spacial score (nSPS) is 19.7. The zero-order valence-electron chi connectivity index (χ0n) is 18.0. The first-order valence-corrected chi connectivity index (χ1v) is 11.4. The molecule has 1 N–H and O–H groups in total. The molecule has 0 radical (unpaired) electrons. The molecule has 0 aromatic carbocycles. The van der Waals surface area contributed by atoms with Crippen molar-refractivity contribution < 1.29 is 4.79 Å². The van der Waals surface area contributed by atoms with Crippen LogP contribution in [0.2, 0.25) is 0 Å². The van der Waals surface area contributed by atoms with Gasteiger partial charge in [-0.05, 0) is 31.2 Å². The lowest BCUT2D eigenvalue weighted by Gasteiger charge is -2.37. The van der Waals surface area contributed by atoms with Crippen LogP contribution in [0.4, 0.5) is 0 Å². The number of carbonyl (C=O) groups is 1. The summed E-state index contributed by atoms with van der Waals surface area (Å²) in [6, 6.07) is 4.34. The Morgan fingerprint density at radius 3 is 2.48 bits per heavy atom. The first-order chi connectivity index (χ1) is 13.5. The summed E-state index contributed by atoms with van der Waals surface area (Å²) in [7, 11) is 3.73. The van der Waals surface area contributed by atoms with Crippen LogP contribution >= 0.6 is 35.3 Å². The van der Waals surface area contributed by atoms with Crippen LogP contribution in [0, 0.1) is 5.41 Å². The van der Waals surface area contributed by atoms with Crippen LogP contribution in [0.25, 0.3) is 0 Å². The van der Waals surface area contributed by atoms with Gasteiger partial charge in [-0.1, -0.05) is 18.9 Å². The largest absolute Gasteiger partial charge is 0.357 e. The summed E-state index contributed by atoms with van der Waals surface area (Å²) in [5.74, 6) is 1.21. The maximum Gasteiger partial charge on any atom is 0.230 e. The molecule has 29 heavy (non-hydrogen) atoms. The molecular weight excluding hydrogens is 497 g/mol. The van der Waals surface area contributed by atoms with Crippen molar-refractivity contribution in [1.29, 1.82) is 0 Å². The summed E-state index contributed by atoms with van der Waals surface area (Å²) in [6.45, 7) is 8.65. The summed E-state index contributed by atoms with van der Waals surface area (Å²) >= 11 is 1.83. The number of thiophene rings is 1. The van der Waals surface area contributed by atoms with Gasteiger partial charge in [-0.2, -0.15) is 0 Å². The van der Waals surface area contributed by atoms with E-state index in [2.05, 4.69) is 39.6 Å². The Kier molecular flexibility index (Phi) is 9.68. The summed E-state index contributed by atoms with van der Waals surface area (Å²) in [4.78, 5) is 25.8. The number of piperazine rings is 1. The minimum atomic E-state index is -0.300. The highest BCUT2D eigenvalue weighted by molar-refractivity contribution is 14.0. The van der Waals surface area contributed by atoms with E-state index in [0.717, 1.165) is 70.9 Å². The Hall–Kier alpha value is -0.870. The standard InChI is InChI=1S/C21H35N5OS.HI/c1-4-22-20(23-17-21(9-5-6-10-21)19(27)24(2)3)26-13-11-25(12-14-26)16-18-8-7-15-28-18;/h7-8,15H,4-6,9-14,16-17H2,1-3H3,(H,22,23);1H. The number of aliphatic imine (C=N–C) groups is 1. The van der Waals surface area contributed by atoms with E-state index in [9.17, 15) is 4.79 Å². The van der Waals surface area contributed by atoms with Crippen molar-refractivity contribution in [3.05, 3.63) is 22.4 Å². The number of amides is 1. The van der Waals surface area contributed by atoms with E-state index >= 15 is 0 Å². The average molecular weight is 534 g/mol. The molecule has 1 aromatic heterocycles. The van der Waals surface area contributed by atoms with Gasteiger partial charge >= 0.3 is 0 Å². The average Bonchev–Trinajstić information content (AvgIpc) is 3.38. The molecule has 1 saturated carbocycles. The lowest BCUT2D eigenvalue weighted by molar-refractivity contribution is -0.138. The number of halogens is 1. The predicted octanol–water partition coefficient (Wildman–Crippen LogP) is 3.10. The van der Waals surface area contributed by atoms with Crippen LogP contribution in [0.3, 0.4) is 0 Å². The Morgan fingerprint density at radius 1 is 1.24 bits per heavy atom. The van der Waals surface area contributed by atoms with Crippen LogP contribution in [0.15, 0.2) is 22.5 Å². The minimum Gasteiger partial charge on any atom is -0.357 e. The Balaban J connectivity index is 0.00000300. The van der Waals surface area contributed by atoms with E-state index < -0.39 is 0 Å². The second-order valence-corrected chi connectivity index (χ2v) is 9.23. The fourth-order valence-electron chi connectivity index (χ4n) is 4.36. The maximum atomic E-state index is 12.8. The molecule has 1 aliphatic heterocycles. The molecule has 1 aromatic rings. The van der Waals surface area contributed by atoms with Gasteiger partial charge in [-0.25, -0.2) is 0 Å². The molecule has 0 spiro atoms. The van der Waals surface area contributed by atoms with Crippen LogP contribution in [-0.2, 0) is 11.3 Å². The zero-order chi connectivity index (χ0) is 20.0. The number of hydrogen-bond acceptors (Lipinski definition) is 4. The molecule has 1 amide bonds. The third-order valence-electron chi connectivity index (χ3n) is 5.92. The van der Waals surface area contributed by atoms with Gasteiger partial charge in [0.1, 0.15) is 0 Å². The predicted molar refractivity (Wildman–Crippen MR) is 132 cm³/mol.